The van der Waals surface area contributed by atoms with Crippen LogP contribution in [0.2, 0.25) is 0 Å². The van der Waals surface area contributed by atoms with Crippen LogP contribution in [0.1, 0.15) is 11.4 Å². The van der Waals surface area contributed by atoms with Gasteiger partial charge in [-0.3, -0.25) is 0 Å². The van der Waals surface area contributed by atoms with Crippen LogP contribution >= 0.6 is 0 Å². The van der Waals surface area contributed by atoms with Crippen molar-refractivity contribution in [1.29, 1.82) is 0 Å². The average Bonchev–Trinajstić information content (AvgIpc) is 2.71. The summed E-state index contributed by atoms with van der Waals surface area (Å²) in [6.45, 7) is 1.77. The van der Waals surface area contributed by atoms with Gasteiger partial charge in [-0.1, -0.05) is 10.3 Å². The second-order valence-electron chi connectivity index (χ2n) is 3.37. The SMILES string of the molecule is Cc1nonc1CNc1ccc(F)c(F)c1F. The molecule has 0 unspecified atom stereocenters. The van der Waals surface area contributed by atoms with Crippen LogP contribution in [0.5, 0.6) is 0 Å². The molecule has 0 saturated heterocycles. The first-order valence-electron chi connectivity index (χ1n) is 4.75. The van der Waals surface area contributed by atoms with E-state index < -0.39 is 17.5 Å². The van der Waals surface area contributed by atoms with Gasteiger partial charge in [-0.25, -0.2) is 17.8 Å². The molecule has 2 aromatic rings. The first-order chi connectivity index (χ1) is 8.09. The molecule has 1 N–H and O–H groups in total. The van der Waals surface area contributed by atoms with Crippen LogP contribution < -0.4 is 5.32 Å². The molecule has 0 radical (unpaired) electrons. The molecule has 4 nitrogen and oxygen atoms in total. The van der Waals surface area contributed by atoms with Gasteiger partial charge in [0.15, 0.2) is 17.5 Å². The quantitative estimate of drug-likeness (QED) is 0.841. The Bertz CT molecular complexity index is 542. The van der Waals surface area contributed by atoms with Crippen molar-refractivity contribution in [2.45, 2.75) is 13.5 Å². The molecule has 0 aliphatic carbocycles. The molecule has 0 atom stereocenters. The van der Waals surface area contributed by atoms with Crippen molar-refractivity contribution in [2.75, 3.05) is 5.32 Å². The number of hydrogen-bond donors (Lipinski definition) is 1. The van der Waals surface area contributed by atoms with Gasteiger partial charge in [0.05, 0.1) is 12.2 Å². The molecule has 0 saturated carbocycles. The summed E-state index contributed by atoms with van der Waals surface area (Å²) >= 11 is 0. The monoisotopic (exact) mass is 243 g/mol. The lowest BCUT2D eigenvalue weighted by Crippen LogP contribution is -2.05. The van der Waals surface area contributed by atoms with Crippen molar-refractivity contribution < 1.29 is 17.8 Å². The van der Waals surface area contributed by atoms with Gasteiger partial charge >= 0.3 is 0 Å². The fourth-order valence-electron chi connectivity index (χ4n) is 1.25. The molecule has 0 aliphatic heterocycles. The Morgan fingerprint density at radius 2 is 1.94 bits per heavy atom. The zero-order chi connectivity index (χ0) is 12.4. The van der Waals surface area contributed by atoms with Crippen LogP contribution in [0, 0.1) is 24.4 Å². The van der Waals surface area contributed by atoms with Crippen LogP contribution in [0.25, 0.3) is 0 Å². The van der Waals surface area contributed by atoms with Crippen molar-refractivity contribution in [3.05, 3.63) is 41.0 Å². The van der Waals surface area contributed by atoms with E-state index in [0.717, 1.165) is 12.1 Å². The number of aromatic nitrogens is 2. The van der Waals surface area contributed by atoms with Gasteiger partial charge in [0, 0.05) is 0 Å². The molecular weight excluding hydrogens is 235 g/mol. The number of anilines is 1. The van der Waals surface area contributed by atoms with Gasteiger partial charge in [-0.15, -0.1) is 0 Å². The third-order valence-corrected chi connectivity index (χ3v) is 2.23. The number of nitrogens with zero attached hydrogens (tertiary/aromatic N) is 2. The Morgan fingerprint density at radius 1 is 1.18 bits per heavy atom. The lowest BCUT2D eigenvalue weighted by molar-refractivity contribution is 0.301. The lowest BCUT2D eigenvalue weighted by Gasteiger charge is -2.06. The molecule has 0 fully saturated rings. The van der Waals surface area contributed by atoms with Crippen molar-refractivity contribution >= 4 is 5.69 Å². The van der Waals surface area contributed by atoms with Crippen molar-refractivity contribution in [3.8, 4) is 0 Å². The third-order valence-electron chi connectivity index (χ3n) is 2.23. The molecular formula is C10H8F3N3O. The molecule has 0 bridgehead atoms. The van der Waals surface area contributed by atoms with E-state index in [0.29, 0.717) is 11.4 Å². The molecule has 0 spiro atoms. The van der Waals surface area contributed by atoms with Crippen molar-refractivity contribution in [2.24, 2.45) is 0 Å². The summed E-state index contributed by atoms with van der Waals surface area (Å²) in [5.74, 6) is -4.00. The van der Waals surface area contributed by atoms with E-state index in [4.69, 9.17) is 0 Å². The maximum Gasteiger partial charge on any atom is 0.196 e. The highest BCUT2D eigenvalue weighted by molar-refractivity contribution is 5.45. The van der Waals surface area contributed by atoms with Crippen LogP contribution in [0.15, 0.2) is 16.8 Å². The summed E-state index contributed by atoms with van der Waals surface area (Å²) < 4.78 is 43.3. The summed E-state index contributed by atoms with van der Waals surface area (Å²) in [7, 11) is 0. The van der Waals surface area contributed by atoms with E-state index in [2.05, 4.69) is 20.3 Å². The predicted molar refractivity (Wildman–Crippen MR) is 52.7 cm³/mol. The normalized spacial score (nSPS) is 10.6. The van der Waals surface area contributed by atoms with Crippen LogP contribution in [-0.2, 0) is 6.54 Å². The van der Waals surface area contributed by atoms with E-state index in [9.17, 15) is 13.2 Å². The van der Waals surface area contributed by atoms with E-state index >= 15 is 0 Å². The Kier molecular flexibility index (Phi) is 2.99. The summed E-state index contributed by atoms with van der Waals surface area (Å²) in [4.78, 5) is 0. The van der Waals surface area contributed by atoms with Crippen LogP contribution in [-0.4, -0.2) is 10.3 Å². The smallest absolute Gasteiger partial charge is 0.196 e. The van der Waals surface area contributed by atoms with Gasteiger partial charge in [-0.2, -0.15) is 0 Å². The van der Waals surface area contributed by atoms with E-state index in [1.165, 1.54) is 0 Å². The average molecular weight is 243 g/mol. The zero-order valence-corrected chi connectivity index (χ0v) is 8.80. The number of hydrogen-bond acceptors (Lipinski definition) is 4. The Hall–Kier alpha value is -2.05. The topological polar surface area (TPSA) is 51.0 Å². The number of benzene rings is 1. The number of nitrogens with one attached hydrogen (secondary N) is 1. The van der Waals surface area contributed by atoms with E-state index in [-0.39, 0.29) is 12.2 Å². The fourth-order valence-corrected chi connectivity index (χ4v) is 1.25. The van der Waals surface area contributed by atoms with Gasteiger partial charge in [0.25, 0.3) is 0 Å². The molecule has 1 aromatic carbocycles. The minimum absolute atomic E-state index is 0.108. The molecule has 0 amide bonds. The molecule has 90 valence electrons. The second kappa shape index (κ2) is 4.44. The summed E-state index contributed by atoms with van der Waals surface area (Å²) in [6, 6.07) is 1.95. The molecule has 2 rings (SSSR count). The molecule has 7 heteroatoms. The van der Waals surface area contributed by atoms with Gasteiger partial charge in [0.2, 0.25) is 0 Å². The Balaban J connectivity index is 2.15. The van der Waals surface area contributed by atoms with Gasteiger partial charge < -0.3 is 5.32 Å². The highest BCUT2D eigenvalue weighted by Gasteiger charge is 2.13. The minimum atomic E-state index is -1.51. The highest BCUT2D eigenvalue weighted by Crippen LogP contribution is 2.20. The summed E-state index contributed by atoms with van der Waals surface area (Å²) in [5.41, 5.74) is 0.862. The number of rotatable bonds is 3. The number of halogens is 3. The van der Waals surface area contributed by atoms with E-state index in [1.807, 2.05) is 0 Å². The molecule has 1 aromatic heterocycles. The minimum Gasteiger partial charge on any atom is -0.377 e. The van der Waals surface area contributed by atoms with Gasteiger partial charge in [-0.05, 0) is 19.1 Å². The largest absolute Gasteiger partial charge is 0.377 e. The summed E-state index contributed by atoms with van der Waals surface area (Å²) in [6.07, 6.45) is 0. The lowest BCUT2D eigenvalue weighted by atomic mass is 10.2. The third kappa shape index (κ3) is 2.22. The highest BCUT2D eigenvalue weighted by atomic mass is 19.2. The first-order valence-corrected chi connectivity index (χ1v) is 4.75. The molecule has 1 heterocycles. The van der Waals surface area contributed by atoms with Gasteiger partial charge in [0.1, 0.15) is 11.4 Å². The maximum absolute atomic E-state index is 13.3. The second-order valence-corrected chi connectivity index (χ2v) is 3.37. The maximum atomic E-state index is 13.3. The zero-order valence-electron chi connectivity index (χ0n) is 8.80. The number of aryl methyl sites for hydroxylation is 1. The van der Waals surface area contributed by atoms with Crippen LogP contribution in [0.3, 0.4) is 0 Å². The van der Waals surface area contributed by atoms with E-state index in [1.54, 1.807) is 6.92 Å². The first kappa shape index (κ1) is 11.4. The molecule has 17 heavy (non-hydrogen) atoms. The summed E-state index contributed by atoms with van der Waals surface area (Å²) in [5, 5.41) is 9.67. The predicted octanol–water partition coefficient (Wildman–Crippen LogP) is 2.41. The fraction of sp³-hybridized carbons (Fsp3) is 0.200. The standard InChI is InChI=1S/C10H8F3N3O/c1-5-8(16-17-15-5)4-14-7-3-2-6(11)9(12)10(7)13/h2-3,14H,4H2,1H3. The van der Waals surface area contributed by atoms with Crippen molar-refractivity contribution in [3.63, 3.8) is 0 Å². The molecule has 0 aliphatic rings. The Labute approximate surface area is 94.4 Å². The van der Waals surface area contributed by atoms with Crippen LogP contribution in [0.4, 0.5) is 18.9 Å². The van der Waals surface area contributed by atoms with Crippen molar-refractivity contribution in [1.82, 2.24) is 10.3 Å². The Morgan fingerprint density at radius 3 is 2.59 bits per heavy atom.